The molecule has 6 nitrogen and oxygen atoms in total. The van der Waals surface area contributed by atoms with Crippen LogP contribution in [0.4, 0.5) is 0 Å². The quantitative estimate of drug-likeness (QED) is 0.426. The fourth-order valence-electron chi connectivity index (χ4n) is 3.65. The van der Waals surface area contributed by atoms with Crippen molar-refractivity contribution in [1.29, 1.82) is 0 Å². The minimum atomic E-state index is -0.248. The lowest BCUT2D eigenvalue weighted by atomic mass is 10.2. The van der Waals surface area contributed by atoms with Crippen molar-refractivity contribution >= 4 is 39.3 Å². The van der Waals surface area contributed by atoms with Crippen molar-refractivity contribution in [2.24, 2.45) is 0 Å². The molecule has 0 bridgehead atoms. The van der Waals surface area contributed by atoms with Crippen molar-refractivity contribution in [2.75, 3.05) is 19.5 Å². The number of aromatic nitrogens is 2. The number of ether oxygens (including phenoxy) is 2. The fourth-order valence-corrected chi connectivity index (χ4v) is 5.88. The maximum atomic E-state index is 13.3. The first-order valence-corrected chi connectivity index (χ1v) is 10.8. The van der Waals surface area contributed by atoms with Crippen molar-refractivity contribution in [3.05, 3.63) is 20.8 Å². The second kappa shape index (κ2) is 7.70. The molecule has 8 heteroatoms. The molecule has 3 heterocycles. The third-order valence-corrected chi connectivity index (χ3v) is 7.13. The molecule has 1 fully saturated rings. The molecule has 2 aliphatic rings. The van der Waals surface area contributed by atoms with Crippen molar-refractivity contribution in [3.63, 3.8) is 0 Å². The lowest BCUT2D eigenvalue weighted by molar-refractivity contribution is -0.140. The fraction of sp³-hybridized carbons (Fsp3) is 0.611. The van der Waals surface area contributed by atoms with E-state index >= 15 is 0 Å². The summed E-state index contributed by atoms with van der Waals surface area (Å²) >= 11 is 3.10. The van der Waals surface area contributed by atoms with Gasteiger partial charge in [-0.3, -0.25) is 14.2 Å². The number of aryl methyl sites for hydroxylation is 2. The smallest absolute Gasteiger partial charge is 0.306 e. The van der Waals surface area contributed by atoms with Gasteiger partial charge >= 0.3 is 5.97 Å². The highest BCUT2D eigenvalue weighted by atomic mass is 32.2. The summed E-state index contributed by atoms with van der Waals surface area (Å²) in [6, 6.07) is 0. The van der Waals surface area contributed by atoms with Crippen LogP contribution in [0.25, 0.3) is 10.2 Å². The number of methoxy groups -OCH3 is 1. The molecule has 0 aromatic carbocycles. The van der Waals surface area contributed by atoms with Gasteiger partial charge in [0.25, 0.3) is 5.56 Å². The van der Waals surface area contributed by atoms with Crippen molar-refractivity contribution in [3.8, 4) is 0 Å². The number of fused-ring (bicyclic) bond motifs is 3. The monoisotopic (exact) mass is 394 g/mol. The maximum Gasteiger partial charge on any atom is 0.306 e. The Morgan fingerprint density at radius 1 is 1.42 bits per heavy atom. The van der Waals surface area contributed by atoms with Crippen LogP contribution in [0.1, 0.15) is 36.1 Å². The number of hydrogen-bond donors (Lipinski definition) is 0. The standard InChI is InChI=1S/C18H22N2O4S2/c1-23-14(21)7-9-25-18-19-16-15(12-5-2-6-13(12)26-16)17(22)20(18)10-11-4-3-8-24-11/h11H,2-10H2,1H3/t11-/m1/s1. The van der Waals surface area contributed by atoms with Gasteiger partial charge in [0.1, 0.15) is 4.83 Å². The summed E-state index contributed by atoms with van der Waals surface area (Å²) < 4.78 is 12.2. The predicted octanol–water partition coefficient (Wildman–Crippen LogP) is 2.78. The minimum absolute atomic E-state index is 0.0467. The number of thioether (sulfide) groups is 1. The Kier molecular flexibility index (Phi) is 5.33. The van der Waals surface area contributed by atoms with Crippen molar-refractivity contribution < 1.29 is 14.3 Å². The first kappa shape index (κ1) is 18.0. The first-order chi connectivity index (χ1) is 12.7. The van der Waals surface area contributed by atoms with E-state index in [1.807, 2.05) is 0 Å². The number of thiophene rings is 1. The molecule has 1 aliphatic carbocycles. The molecular weight excluding hydrogens is 372 g/mol. The minimum Gasteiger partial charge on any atom is -0.469 e. The molecule has 4 rings (SSSR count). The summed E-state index contributed by atoms with van der Waals surface area (Å²) in [5.74, 6) is 0.294. The van der Waals surface area contributed by atoms with Gasteiger partial charge in [-0.05, 0) is 37.7 Å². The van der Waals surface area contributed by atoms with E-state index in [2.05, 4.69) is 0 Å². The molecule has 1 saturated heterocycles. The molecule has 0 unspecified atom stereocenters. The van der Waals surface area contributed by atoms with Crippen LogP contribution in [0, 0.1) is 0 Å². The molecule has 0 radical (unpaired) electrons. The van der Waals surface area contributed by atoms with E-state index in [9.17, 15) is 9.59 Å². The predicted molar refractivity (Wildman–Crippen MR) is 102 cm³/mol. The highest BCUT2D eigenvalue weighted by molar-refractivity contribution is 7.99. The summed E-state index contributed by atoms with van der Waals surface area (Å²) in [6.07, 6.45) is 5.52. The van der Waals surface area contributed by atoms with Gasteiger partial charge in [-0.1, -0.05) is 11.8 Å². The van der Waals surface area contributed by atoms with Crippen LogP contribution < -0.4 is 5.56 Å². The van der Waals surface area contributed by atoms with E-state index in [0.717, 1.165) is 48.9 Å². The van der Waals surface area contributed by atoms with Crippen LogP contribution in [-0.4, -0.2) is 41.1 Å². The van der Waals surface area contributed by atoms with Gasteiger partial charge in [-0.15, -0.1) is 11.3 Å². The molecule has 0 amide bonds. The van der Waals surface area contributed by atoms with Gasteiger partial charge in [0, 0.05) is 17.2 Å². The number of nitrogens with zero attached hydrogens (tertiary/aromatic N) is 2. The number of hydrogen-bond acceptors (Lipinski definition) is 7. The van der Waals surface area contributed by atoms with E-state index in [0.29, 0.717) is 23.9 Å². The lowest BCUT2D eigenvalue weighted by Crippen LogP contribution is -2.29. The second-order valence-electron chi connectivity index (χ2n) is 6.66. The summed E-state index contributed by atoms with van der Waals surface area (Å²) in [4.78, 5) is 31.6. The zero-order valence-corrected chi connectivity index (χ0v) is 16.4. The molecule has 140 valence electrons. The van der Waals surface area contributed by atoms with Gasteiger partial charge in [-0.25, -0.2) is 4.98 Å². The van der Waals surface area contributed by atoms with E-state index in [1.54, 1.807) is 15.9 Å². The van der Waals surface area contributed by atoms with Crippen LogP contribution in [0.3, 0.4) is 0 Å². The average molecular weight is 395 g/mol. The molecule has 26 heavy (non-hydrogen) atoms. The molecule has 1 aliphatic heterocycles. The zero-order chi connectivity index (χ0) is 18.1. The summed E-state index contributed by atoms with van der Waals surface area (Å²) in [5, 5.41) is 1.49. The normalized spacial score (nSPS) is 19.2. The van der Waals surface area contributed by atoms with Crippen LogP contribution in [0.2, 0.25) is 0 Å². The number of carbonyl (C=O) groups excluding carboxylic acids is 1. The van der Waals surface area contributed by atoms with Gasteiger partial charge in [0.05, 0.1) is 31.6 Å². The molecule has 2 aromatic heterocycles. The molecule has 1 atom stereocenters. The Morgan fingerprint density at radius 3 is 3.08 bits per heavy atom. The third-order valence-electron chi connectivity index (χ3n) is 4.97. The zero-order valence-electron chi connectivity index (χ0n) is 14.8. The van der Waals surface area contributed by atoms with Crippen LogP contribution in [0.15, 0.2) is 9.95 Å². The van der Waals surface area contributed by atoms with Gasteiger partial charge in [-0.2, -0.15) is 0 Å². The average Bonchev–Trinajstić information content (AvgIpc) is 3.34. The Hall–Kier alpha value is -1.38. The Balaban J connectivity index is 1.70. The molecule has 0 spiro atoms. The second-order valence-corrected chi connectivity index (χ2v) is 8.80. The Bertz CT molecular complexity index is 883. The summed E-state index contributed by atoms with van der Waals surface area (Å²) in [5.41, 5.74) is 1.25. The SMILES string of the molecule is COC(=O)CCSc1nc2sc3c(c2c(=O)n1C[C@H]1CCCO1)CCC3. The van der Waals surface area contributed by atoms with E-state index in [-0.39, 0.29) is 17.6 Å². The topological polar surface area (TPSA) is 70.4 Å². The van der Waals surface area contributed by atoms with Crippen LogP contribution in [-0.2, 0) is 33.7 Å². The molecule has 0 saturated carbocycles. The highest BCUT2D eigenvalue weighted by Crippen LogP contribution is 2.35. The first-order valence-electron chi connectivity index (χ1n) is 9.03. The Labute approximate surface area is 159 Å². The van der Waals surface area contributed by atoms with Crippen molar-refractivity contribution in [1.82, 2.24) is 9.55 Å². The number of esters is 1. The molecular formula is C18H22N2O4S2. The summed E-state index contributed by atoms with van der Waals surface area (Å²) in [6.45, 7) is 1.29. The molecule has 2 aromatic rings. The van der Waals surface area contributed by atoms with Crippen LogP contribution in [0.5, 0.6) is 0 Å². The molecule has 0 N–H and O–H groups in total. The largest absolute Gasteiger partial charge is 0.469 e. The van der Waals surface area contributed by atoms with Crippen LogP contribution >= 0.6 is 23.1 Å². The van der Waals surface area contributed by atoms with E-state index in [1.165, 1.54) is 29.3 Å². The van der Waals surface area contributed by atoms with E-state index < -0.39 is 0 Å². The van der Waals surface area contributed by atoms with Gasteiger partial charge in [0.15, 0.2) is 5.16 Å². The van der Waals surface area contributed by atoms with Gasteiger partial charge < -0.3 is 9.47 Å². The van der Waals surface area contributed by atoms with E-state index in [4.69, 9.17) is 14.5 Å². The number of rotatable bonds is 6. The van der Waals surface area contributed by atoms with Crippen molar-refractivity contribution in [2.45, 2.75) is 56.3 Å². The highest BCUT2D eigenvalue weighted by Gasteiger charge is 2.25. The third kappa shape index (κ3) is 3.42. The summed E-state index contributed by atoms with van der Waals surface area (Å²) in [7, 11) is 1.39. The lowest BCUT2D eigenvalue weighted by Gasteiger charge is -2.16. The number of carbonyl (C=O) groups is 1. The maximum absolute atomic E-state index is 13.3. The van der Waals surface area contributed by atoms with Gasteiger partial charge in [0.2, 0.25) is 0 Å². The Morgan fingerprint density at radius 2 is 2.31 bits per heavy atom.